The van der Waals surface area contributed by atoms with Gasteiger partial charge in [0, 0.05) is 12.1 Å². The highest BCUT2D eigenvalue weighted by atomic mass is 16.4. The van der Waals surface area contributed by atoms with Gasteiger partial charge in [-0.3, -0.25) is 0 Å². The first-order valence-electron chi connectivity index (χ1n) is 5.21. The maximum Gasteiger partial charge on any atom is 0.343 e. The molecule has 0 aromatic heterocycles. The number of aromatic hydroxyl groups is 1. The van der Waals surface area contributed by atoms with Crippen molar-refractivity contribution in [3.63, 3.8) is 0 Å². The fraction of sp³-hybridized carbons (Fsp3) is 0.167. The largest absolute Gasteiger partial charge is 0.507 e. The molecule has 104 valence electrons. The first-order valence-corrected chi connectivity index (χ1v) is 5.21. The number of aliphatic hydroxyl groups excluding tert-OH is 1. The molecule has 6 N–H and O–H groups in total. The molecule has 0 fully saturated rings. The van der Waals surface area contributed by atoms with Gasteiger partial charge in [-0.1, -0.05) is 18.2 Å². The van der Waals surface area contributed by atoms with Gasteiger partial charge < -0.3 is 26.2 Å². The van der Waals surface area contributed by atoms with Crippen LogP contribution in [-0.4, -0.2) is 45.5 Å². The van der Waals surface area contributed by atoms with Crippen molar-refractivity contribution >= 4 is 18.0 Å². The summed E-state index contributed by atoms with van der Waals surface area (Å²) in [7, 11) is 0. The first kappa shape index (κ1) is 16.6. The first-order chi connectivity index (χ1) is 8.93. The number of carboxylic acid groups (broad SMARTS) is 2. The lowest BCUT2D eigenvalue weighted by Gasteiger charge is -1.99. The summed E-state index contributed by atoms with van der Waals surface area (Å²) in [6, 6.07) is 5.87. The molecule has 0 radical (unpaired) electrons. The number of aliphatic carboxylic acids is 2. The number of phenols is 1. The Balaban J connectivity index is 0.000000711. The van der Waals surface area contributed by atoms with E-state index in [0.29, 0.717) is 6.54 Å². The van der Waals surface area contributed by atoms with Crippen molar-refractivity contribution < 1.29 is 30.0 Å². The van der Waals surface area contributed by atoms with Crippen molar-refractivity contribution in [1.29, 1.82) is 0 Å². The Bertz CT molecular complexity index is 451. The van der Waals surface area contributed by atoms with Crippen LogP contribution in [0.3, 0.4) is 0 Å². The van der Waals surface area contributed by atoms with Gasteiger partial charge in [0.05, 0.1) is 6.61 Å². The number of carbonyl (C=O) groups is 2. The topological polar surface area (TPSA) is 141 Å². The number of benzene rings is 1. The van der Waals surface area contributed by atoms with Crippen molar-refractivity contribution in [2.24, 2.45) is 5.73 Å². The molecule has 0 atom stereocenters. The third-order valence-corrected chi connectivity index (χ3v) is 1.83. The highest BCUT2D eigenvalue weighted by Gasteiger charge is 2.16. The Morgan fingerprint density at radius 1 is 1.16 bits per heavy atom. The van der Waals surface area contributed by atoms with Crippen LogP contribution >= 0.6 is 0 Å². The molecule has 0 aliphatic rings. The van der Waals surface area contributed by atoms with Crippen LogP contribution in [0.25, 0.3) is 6.08 Å². The van der Waals surface area contributed by atoms with E-state index in [2.05, 4.69) is 0 Å². The number of rotatable bonds is 4. The summed E-state index contributed by atoms with van der Waals surface area (Å²) >= 11 is 0. The molecule has 0 saturated carbocycles. The predicted molar refractivity (Wildman–Crippen MR) is 67.5 cm³/mol. The molecule has 19 heavy (non-hydrogen) atoms. The lowest BCUT2D eigenvalue weighted by molar-refractivity contribution is -0.140. The van der Waals surface area contributed by atoms with Crippen molar-refractivity contribution in [1.82, 2.24) is 0 Å². The molecular formula is C12H15NO6. The summed E-state index contributed by atoms with van der Waals surface area (Å²) in [6.45, 7) is 0.472. The van der Waals surface area contributed by atoms with E-state index in [4.69, 9.17) is 21.1 Å². The average Bonchev–Trinajstić information content (AvgIpc) is 2.37. The fourth-order valence-electron chi connectivity index (χ4n) is 0.980. The van der Waals surface area contributed by atoms with Gasteiger partial charge in [0.1, 0.15) is 11.3 Å². The van der Waals surface area contributed by atoms with E-state index in [1.165, 1.54) is 12.1 Å². The summed E-state index contributed by atoms with van der Waals surface area (Å²) in [5.41, 5.74) is 4.13. The molecule has 0 aliphatic carbocycles. The minimum atomic E-state index is -1.55. The fourth-order valence-corrected chi connectivity index (χ4v) is 0.980. The lowest BCUT2D eigenvalue weighted by Crippen LogP contribution is -2.10. The highest BCUT2D eigenvalue weighted by molar-refractivity contribution is 6.16. The molecule has 1 aromatic carbocycles. The molecule has 1 aromatic rings. The standard InChI is InChI=1S/C10H8O5.C2H7NO/c11-8-4-2-1-3-6(8)5-7(9(12)13)10(14)15;3-1-2-4/h1-5,11H,(H,12,13)(H,14,15);4H,1-3H2. The molecule has 7 nitrogen and oxygen atoms in total. The lowest BCUT2D eigenvalue weighted by atomic mass is 10.1. The van der Waals surface area contributed by atoms with E-state index >= 15 is 0 Å². The van der Waals surface area contributed by atoms with Crippen LogP contribution in [0.2, 0.25) is 0 Å². The third kappa shape index (κ3) is 6.20. The van der Waals surface area contributed by atoms with E-state index in [-0.39, 0.29) is 17.9 Å². The van der Waals surface area contributed by atoms with Gasteiger partial charge in [-0.2, -0.15) is 0 Å². The zero-order chi connectivity index (χ0) is 14.8. The number of para-hydroxylation sites is 1. The zero-order valence-electron chi connectivity index (χ0n) is 9.98. The molecule has 0 heterocycles. The van der Waals surface area contributed by atoms with Crippen LogP contribution < -0.4 is 5.73 Å². The molecule has 7 heteroatoms. The van der Waals surface area contributed by atoms with E-state index in [1.807, 2.05) is 0 Å². The second-order valence-corrected chi connectivity index (χ2v) is 3.24. The average molecular weight is 269 g/mol. The van der Waals surface area contributed by atoms with Gasteiger partial charge in [-0.15, -0.1) is 0 Å². The molecule has 1 rings (SSSR count). The van der Waals surface area contributed by atoms with Crippen LogP contribution in [0.15, 0.2) is 29.8 Å². The van der Waals surface area contributed by atoms with E-state index in [9.17, 15) is 14.7 Å². The van der Waals surface area contributed by atoms with Crippen molar-refractivity contribution in [3.05, 3.63) is 35.4 Å². The van der Waals surface area contributed by atoms with Gasteiger partial charge in [0.15, 0.2) is 0 Å². The Morgan fingerprint density at radius 3 is 2.00 bits per heavy atom. The normalized spacial score (nSPS) is 8.95. The van der Waals surface area contributed by atoms with Gasteiger partial charge in [0.2, 0.25) is 0 Å². The number of nitrogens with two attached hydrogens (primary N) is 1. The molecular weight excluding hydrogens is 254 g/mol. The third-order valence-electron chi connectivity index (χ3n) is 1.83. The maximum atomic E-state index is 10.5. The zero-order valence-corrected chi connectivity index (χ0v) is 9.98. The Hall–Kier alpha value is -2.38. The molecule has 0 saturated heterocycles. The van der Waals surface area contributed by atoms with Gasteiger partial charge in [-0.25, -0.2) is 9.59 Å². The van der Waals surface area contributed by atoms with Crippen molar-refractivity contribution in [3.8, 4) is 5.75 Å². The monoisotopic (exact) mass is 269 g/mol. The molecule has 0 bridgehead atoms. The minimum absolute atomic E-state index is 0.0972. The summed E-state index contributed by atoms with van der Waals surface area (Å²) in [5.74, 6) is -3.27. The van der Waals surface area contributed by atoms with Crippen LogP contribution in [-0.2, 0) is 9.59 Å². The second-order valence-electron chi connectivity index (χ2n) is 3.24. The smallest absolute Gasteiger partial charge is 0.343 e. The Kier molecular flexibility index (Phi) is 7.59. The molecule has 0 aliphatic heterocycles. The highest BCUT2D eigenvalue weighted by Crippen LogP contribution is 2.19. The second kappa shape index (κ2) is 8.67. The van der Waals surface area contributed by atoms with E-state index in [0.717, 1.165) is 6.08 Å². The SMILES string of the molecule is NCCO.O=C(O)C(=Cc1ccccc1O)C(=O)O. The van der Waals surface area contributed by atoms with Gasteiger partial charge in [0.25, 0.3) is 0 Å². The molecule has 0 spiro atoms. The molecule has 0 amide bonds. The van der Waals surface area contributed by atoms with Crippen LogP contribution in [0.5, 0.6) is 5.75 Å². The number of aliphatic hydroxyl groups is 1. The minimum Gasteiger partial charge on any atom is -0.507 e. The van der Waals surface area contributed by atoms with Crippen LogP contribution in [0.4, 0.5) is 0 Å². The number of carboxylic acids is 2. The van der Waals surface area contributed by atoms with Gasteiger partial charge in [-0.05, 0) is 12.1 Å². The van der Waals surface area contributed by atoms with E-state index in [1.54, 1.807) is 12.1 Å². The molecule has 0 unspecified atom stereocenters. The van der Waals surface area contributed by atoms with Crippen LogP contribution in [0, 0.1) is 0 Å². The maximum absolute atomic E-state index is 10.5. The predicted octanol–water partition coefficient (Wildman–Crippen LogP) is -0.118. The number of phenolic OH excluding ortho intramolecular Hbond substituents is 1. The summed E-state index contributed by atoms with van der Waals surface area (Å²) in [4.78, 5) is 21.1. The Morgan fingerprint density at radius 2 is 1.63 bits per heavy atom. The van der Waals surface area contributed by atoms with Crippen molar-refractivity contribution in [2.75, 3.05) is 13.2 Å². The van der Waals surface area contributed by atoms with Crippen molar-refractivity contribution in [2.45, 2.75) is 0 Å². The van der Waals surface area contributed by atoms with Gasteiger partial charge >= 0.3 is 11.9 Å². The Labute approximate surface area is 109 Å². The summed E-state index contributed by atoms with van der Waals surface area (Å²) in [6.07, 6.45) is 0.903. The summed E-state index contributed by atoms with van der Waals surface area (Å²) in [5, 5.41) is 34.2. The number of hydrogen-bond donors (Lipinski definition) is 5. The number of hydrogen-bond acceptors (Lipinski definition) is 5. The summed E-state index contributed by atoms with van der Waals surface area (Å²) < 4.78 is 0. The quantitative estimate of drug-likeness (QED) is 0.291. The van der Waals surface area contributed by atoms with Crippen LogP contribution in [0.1, 0.15) is 5.56 Å². The van der Waals surface area contributed by atoms with E-state index < -0.39 is 17.5 Å².